The molecule has 0 spiro atoms. The molecule has 2 heterocycles. The Balaban J connectivity index is 1.23. The molecule has 0 amide bonds. The molecule has 0 saturated heterocycles. The summed E-state index contributed by atoms with van der Waals surface area (Å²) in [6, 6.07) is 15.8. The Bertz CT molecular complexity index is 1050. The van der Waals surface area contributed by atoms with Gasteiger partial charge in [-0.1, -0.05) is 0 Å². The summed E-state index contributed by atoms with van der Waals surface area (Å²) in [6.45, 7) is 0.251. The van der Waals surface area contributed by atoms with Gasteiger partial charge >= 0.3 is 11.9 Å². The Morgan fingerprint density at radius 2 is 0.967 bits per heavy atom. The second-order valence-corrected chi connectivity index (χ2v) is 6.39. The van der Waals surface area contributed by atoms with Crippen molar-refractivity contribution in [3.8, 4) is 34.5 Å². The van der Waals surface area contributed by atoms with Gasteiger partial charge < -0.3 is 28.4 Å². The van der Waals surface area contributed by atoms with E-state index >= 15 is 0 Å². The second-order valence-electron chi connectivity index (χ2n) is 6.39. The van der Waals surface area contributed by atoms with Crippen LogP contribution >= 0.6 is 0 Å². The van der Waals surface area contributed by atoms with E-state index in [1.807, 2.05) is 0 Å². The first-order valence-corrected chi connectivity index (χ1v) is 8.99. The number of ether oxygens (including phenoxy) is 6. The molecule has 0 aromatic heterocycles. The van der Waals surface area contributed by atoms with Crippen molar-refractivity contribution in [2.24, 2.45) is 0 Å². The highest BCUT2D eigenvalue weighted by Crippen LogP contribution is 2.34. The number of rotatable bonds is 4. The van der Waals surface area contributed by atoms with Gasteiger partial charge in [0.05, 0.1) is 11.1 Å². The third-order valence-electron chi connectivity index (χ3n) is 4.46. The molecule has 0 atom stereocenters. The zero-order valence-corrected chi connectivity index (χ0v) is 15.5. The summed E-state index contributed by atoms with van der Waals surface area (Å²) in [4.78, 5) is 24.7. The maximum Gasteiger partial charge on any atom is 0.343 e. The summed E-state index contributed by atoms with van der Waals surface area (Å²) in [5.41, 5.74) is 0.662. The Hall–Kier alpha value is -4.20. The SMILES string of the molecule is O=C(Oc1ccc(OC(=O)c2ccc3c(c2)OCO3)cc1)c1ccc2c(c1)OCO2. The molecule has 0 radical (unpaired) electrons. The van der Waals surface area contributed by atoms with Crippen LogP contribution < -0.4 is 28.4 Å². The van der Waals surface area contributed by atoms with E-state index in [2.05, 4.69) is 0 Å². The van der Waals surface area contributed by atoms with E-state index in [1.54, 1.807) is 36.4 Å². The van der Waals surface area contributed by atoms with E-state index in [1.165, 1.54) is 24.3 Å². The van der Waals surface area contributed by atoms with E-state index in [0.717, 1.165) is 0 Å². The maximum atomic E-state index is 12.3. The highest BCUT2D eigenvalue weighted by molar-refractivity contribution is 5.92. The molecule has 8 nitrogen and oxygen atoms in total. The van der Waals surface area contributed by atoms with Gasteiger partial charge in [-0.2, -0.15) is 0 Å². The lowest BCUT2D eigenvalue weighted by Gasteiger charge is -2.07. The van der Waals surface area contributed by atoms with E-state index < -0.39 is 11.9 Å². The summed E-state index contributed by atoms with van der Waals surface area (Å²) in [5, 5.41) is 0. The molecule has 0 bridgehead atoms. The van der Waals surface area contributed by atoms with Crippen molar-refractivity contribution in [1.29, 1.82) is 0 Å². The minimum Gasteiger partial charge on any atom is -0.454 e. The molecule has 2 aliphatic rings. The maximum absolute atomic E-state index is 12.3. The molecule has 0 aliphatic carbocycles. The molecule has 0 unspecified atom stereocenters. The van der Waals surface area contributed by atoms with Crippen LogP contribution in [0.2, 0.25) is 0 Å². The molecule has 5 rings (SSSR count). The van der Waals surface area contributed by atoms with Crippen LogP contribution in [0.25, 0.3) is 0 Å². The number of esters is 2. The van der Waals surface area contributed by atoms with Gasteiger partial charge in [0.1, 0.15) is 11.5 Å². The lowest BCUT2D eigenvalue weighted by atomic mass is 10.2. The number of carbonyl (C=O) groups is 2. The van der Waals surface area contributed by atoms with Gasteiger partial charge in [0.15, 0.2) is 23.0 Å². The fourth-order valence-corrected chi connectivity index (χ4v) is 2.95. The largest absolute Gasteiger partial charge is 0.454 e. The van der Waals surface area contributed by atoms with Crippen LogP contribution in [-0.4, -0.2) is 25.5 Å². The van der Waals surface area contributed by atoms with Crippen LogP contribution in [-0.2, 0) is 0 Å². The normalized spacial score (nSPS) is 13.1. The van der Waals surface area contributed by atoms with Gasteiger partial charge in [0.2, 0.25) is 13.6 Å². The molecule has 150 valence electrons. The fraction of sp³-hybridized carbons (Fsp3) is 0.0909. The number of carbonyl (C=O) groups excluding carboxylic acids is 2. The topological polar surface area (TPSA) is 89.5 Å². The molecule has 0 saturated carbocycles. The van der Waals surface area contributed by atoms with E-state index in [0.29, 0.717) is 45.6 Å². The fourth-order valence-electron chi connectivity index (χ4n) is 2.95. The van der Waals surface area contributed by atoms with Crippen molar-refractivity contribution in [3.05, 3.63) is 71.8 Å². The molecule has 30 heavy (non-hydrogen) atoms. The van der Waals surface area contributed by atoms with Gasteiger partial charge in [-0.05, 0) is 60.7 Å². The van der Waals surface area contributed by atoms with E-state index in [-0.39, 0.29) is 13.6 Å². The number of hydrogen-bond donors (Lipinski definition) is 0. The van der Waals surface area contributed by atoms with Crippen LogP contribution in [0.1, 0.15) is 20.7 Å². The minimum atomic E-state index is -0.543. The van der Waals surface area contributed by atoms with Crippen LogP contribution in [0.15, 0.2) is 60.7 Å². The zero-order chi connectivity index (χ0) is 20.5. The molecule has 8 heteroatoms. The van der Waals surface area contributed by atoms with E-state index in [9.17, 15) is 9.59 Å². The van der Waals surface area contributed by atoms with Gasteiger partial charge in [0.25, 0.3) is 0 Å². The average Bonchev–Trinajstić information content (AvgIpc) is 3.43. The lowest BCUT2D eigenvalue weighted by molar-refractivity contribution is 0.0719. The number of benzene rings is 3. The van der Waals surface area contributed by atoms with Crippen molar-refractivity contribution in [3.63, 3.8) is 0 Å². The van der Waals surface area contributed by atoms with Crippen molar-refractivity contribution >= 4 is 11.9 Å². The Morgan fingerprint density at radius 1 is 0.567 bits per heavy atom. The van der Waals surface area contributed by atoms with Crippen LogP contribution in [0, 0.1) is 0 Å². The van der Waals surface area contributed by atoms with Gasteiger partial charge in [-0.25, -0.2) is 9.59 Å². The summed E-state index contributed by atoms with van der Waals surface area (Å²) in [7, 11) is 0. The monoisotopic (exact) mass is 406 g/mol. The highest BCUT2D eigenvalue weighted by atomic mass is 16.7. The van der Waals surface area contributed by atoms with Crippen molar-refractivity contribution in [2.75, 3.05) is 13.6 Å². The standard InChI is InChI=1S/C22H14O8/c23-21(13-1-7-17-19(9-13)27-11-25-17)29-15-3-5-16(6-4-15)30-22(24)14-2-8-18-20(10-14)28-12-26-18/h1-10H,11-12H2. The predicted molar refractivity (Wildman–Crippen MR) is 101 cm³/mol. The predicted octanol–water partition coefficient (Wildman–Crippen LogP) is 3.58. The van der Waals surface area contributed by atoms with Crippen molar-refractivity contribution in [1.82, 2.24) is 0 Å². The molecule has 2 aliphatic heterocycles. The molecule has 0 fully saturated rings. The molecule has 3 aromatic carbocycles. The van der Waals surface area contributed by atoms with Crippen LogP contribution in [0.4, 0.5) is 0 Å². The molecule has 0 N–H and O–H groups in total. The number of fused-ring (bicyclic) bond motifs is 2. The quantitative estimate of drug-likeness (QED) is 0.480. The average molecular weight is 406 g/mol. The summed E-state index contributed by atoms with van der Waals surface area (Å²) >= 11 is 0. The first-order valence-electron chi connectivity index (χ1n) is 8.99. The Morgan fingerprint density at radius 3 is 1.40 bits per heavy atom. The minimum absolute atomic E-state index is 0.125. The Kier molecular flexibility index (Phi) is 4.36. The van der Waals surface area contributed by atoms with Gasteiger partial charge in [0, 0.05) is 0 Å². The van der Waals surface area contributed by atoms with Crippen LogP contribution in [0.3, 0.4) is 0 Å². The summed E-state index contributed by atoms with van der Waals surface area (Å²) in [5.74, 6) is 1.68. The Labute approximate surface area is 170 Å². The first-order chi connectivity index (χ1) is 14.7. The molecule has 3 aromatic rings. The van der Waals surface area contributed by atoms with E-state index in [4.69, 9.17) is 28.4 Å². The van der Waals surface area contributed by atoms with Crippen molar-refractivity contribution < 1.29 is 38.0 Å². The first kappa shape index (κ1) is 17.9. The highest BCUT2D eigenvalue weighted by Gasteiger charge is 2.19. The molecular weight excluding hydrogens is 392 g/mol. The van der Waals surface area contributed by atoms with Crippen molar-refractivity contribution in [2.45, 2.75) is 0 Å². The van der Waals surface area contributed by atoms with Gasteiger partial charge in [-0.3, -0.25) is 0 Å². The molecular formula is C22H14O8. The lowest BCUT2D eigenvalue weighted by Crippen LogP contribution is -2.09. The smallest absolute Gasteiger partial charge is 0.343 e. The zero-order valence-electron chi connectivity index (χ0n) is 15.5. The van der Waals surface area contributed by atoms with Crippen LogP contribution in [0.5, 0.6) is 34.5 Å². The third kappa shape index (κ3) is 3.46. The third-order valence-corrected chi connectivity index (χ3v) is 4.46. The van der Waals surface area contributed by atoms with Gasteiger partial charge in [-0.15, -0.1) is 0 Å². The number of hydrogen-bond acceptors (Lipinski definition) is 8. The summed E-state index contributed by atoms with van der Waals surface area (Å²) < 4.78 is 31.7. The second kappa shape index (κ2) is 7.32. The summed E-state index contributed by atoms with van der Waals surface area (Å²) in [6.07, 6.45) is 0.